The zero-order valence-corrected chi connectivity index (χ0v) is 10.6. The van der Waals surface area contributed by atoms with E-state index >= 15 is 0 Å². The molecule has 0 bridgehead atoms. The predicted octanol–water partition coefficient (Wildman–Crippen LogP) is 1.47. The monoisotopic (exact) mass is 247 g/mol. The zero-order chi connectivity index (χ0) is 13.2. The lowest BCUT2D eigenvalue weighted by atomic mass is 9.80. The van der Waals surface area contributed by atoms with Crippen LogP contribution >= 0.6 is 0 Å². The fraction of sp³-hybridized carbons (Fsp3) is 0.429. The van der Waals surface area contributed by atoms with Crippen LogP contribution in [0.1, 0.15) is 24.9 Å². The van der Waals surface area contributed by atoms with E-state index in [9.17, 15) is 9.59 Å². The molecular formula is C14H17NO3. The SMILES string of the molecule is COC(=O)[C@@H]1C[C@](C)(C=O)[C@H](c2ccccc2)N1. The first-order valence-corrected chi connectivity index (χ1v) is 5.96. The molecule has 1 heterocycles. The van der Waals surface area contributed by atoms with Gasteiger partial charge in [0, 0.05) is 11.5 Å². The van der Waals surface area contributed by atoms with Crippen molar-refractivity contribution in [2.24, 2.45) is 5.41 Å². The molecule has 1 aromatic rings. The number of nitrogens with one attached hydrogen (secondary N) is 1. The number of carbonyl (C=O) groups excluding carboxylic acids is 2. The lowest BCUT2D eigenvalue weighted by Gasteiger charge is -2.24. The maximum atomic E-state index is 11.6. The first-order chi connectivity index (χ1) is 8.60. The summed E-state index contributed by atoms with van der Waals surface area (Å²) in [7, 11) is 1.36. The van der Waals surface area contributed by atoms with Crippen LogP contribution in [0, 0.1) is 5.41 Å². The Morgan fingerprint density at radius 3 is 2.67 bits per heavy atom. The second-order valence-corrected chi connectivity index (χ2v) is 4.91. The molecule has 0 radical (unpaired) electrons. The second-order valence-electron chi connectivity index (χ2n) is 4.91. The molecule has 1 N–H and O–H groups in total. The summed E-state index contributed by atoms with van der Waals surface area (Å²) in [5.41, 5.74) is 0.429. The van der Waals surface area contributed by atoms with E-state index in [1.165, 1.54) is 7.11 Å². The van der Waals surface area contributed by atoms with E-state index in [-0.39, 0.29) is 12.0 Å². The van der Waals surface area contributed by atoms with Crippen LogP contribution in [-0.2, 0) is 14.3 Å². The second kappa shape index (κ2) is 4.90. The highest BCUT2D eigenvalue weighted by molar-refractivity contribution is 5.78. The van der Waals surface area contributed by atoms with Gasteiger partial charge in [0.05, 0.1) is 7.11 Å². The Labute approximate surface area is 106 Å². The Kier molecular flexibility index (Phi) is 3.48. The Hall–Kier alpha value is -1.68. The van der Waals surface area contributed by atoms with Gasteiger partial charge in [-0.15, -0.1) is 0 Å². The molecule has 0 spiro atoms. The van der Waals surface area contributed by atoms with E-state index < -0.39 is 11.5 Å². The van der Waals surface area contributed by atoms with Crippen LogP contribution < -0.4 is 5.32 Å². The van der Waals surface area contributed by atoms with Crippen LogP contribution in [0.15, 0.2) is 30.3 Å². The van der Waals surface area contributed by atoms with Crippen LogP contribution in [0.25, 0.3) is 0 Å². The molecule has 0 amide bonds. The molecule has 4 heteroatoms. The van der Waals surface area contributed by atoms with Gasteiger partial charge in [0.2, 0.25) is 0 Å². The summed E-state index contributed by atoms with van der Waals surface area (Å²) in [6, 6.07) is 9.12. The standard InChI is InChI=1S/C14H17NO3/c1-14(9-16)8-11(13(17)18-2)15-12(14)10-6-4-3-5-7-10/h3-7,9,11-12,15H,8H2,1-2H3/t11-,12-,14+/m0/s1. The fourth-order valence-corrected chi connectivity index (χ4v) is 2.54. The van der Waals surface area contributed by atoms with Gasteiger partial charge in [-0.2, -0.15) is 0 Å². The maximum Gasteiger partial charge on any atom is 0.322 e. The van der Waals surface area contributed by atoms with Gasteiger partial charge in [-0.3, -0.25) is 10.1 Å². The Bertz CT molecular complexity index is 446. The highest BCUT2D eigenvalue weighted by Crippen LogP contribution is 2.42. The summed E-state index contributed by atoms with van der Waals surface area (Å²) in [5.74, 6) is -0.318. The Balaban J connectivity index is 2.29. The van der Waals surface area contributed by atoms with Gasteiger partial charge in [0.15, 0.2) is 0 Å². The fourth-order valence-electron chi connectivity index (χ4n) is 2.54. The topological polar surface area (TPSA) is 55.4 Å². The molecule has 0 aromatic heterocycles. The minimum Gasteiger partial charge on any atom is -0.468 e. The minimum atomic E-state index is -0.583. The largest absolute Gasteiger partial charge is 0.468 e. The van der Waals surface area contributed by atoms with Gasteiger partial charge in [-0.25, -0.2) is 0 Å². The van der Waals surface area contributed by atoms with Crippen molar-refractivity contribution in [3.8, 4) is 0 Å². The Morgan fingerprint density at radius 2 is 2.11 bits per heavy atom. The van der Waals surface area contributed by atoms with E-state index in [4.69, 9.17) is 4.74 Å². The molecule has 2 rings (SSSR count). The molecule has 1 aromatic carbocycles. The van der Waals surface area contributed by atoms with E-state index in [1.807, 2.05) is 37.3 Å². The third-order valence-electron chi connectivity index (χ3n) is 3.56. The molecule has 18 heavy (non-hydrogen) atoms. The number of hydrogen-bond acceptors (Lipinski definition) is 4. The summed E-state index contributed by atoms with van der Waals surface area (Å²) in [6.07, 6.45) is 1.39. The van der Waals surface area contributed by atoms with Crippen molar-refractivity contribution in [2.75, 3.05) is 7.11 Å². The molecule has 1 aliphatic rings. The maximum absolute atomic E-state index is 11.6. The van der Waals surface area contributed by atoms with Crippen molar-refractivity contribution in [3.05, 3.63) is 35.9 Å². The number of methoxy groups -OCH3 is 1. The molecule has 0 saturated carbocycles. The summed E-state index contributed by atoms with van der Waals surface area (Å²) in [5, 5.41) is 3.19. The van der Waals surface area contributed by atoms with Crippen molar-refractivity contribution < 1.29 is 14.3 Å². The molecule has 1 fully saturated rings. The number of ether oxygens (including phenoxy) is 1. The third-order valence-corrected chi connectivity index (χ3v) is 3.56. The highest BCUT2D eigenvalue weighted by Gasteiger charge is 2.47. The average Bonchev–Trinajstić information content (AvgIpc) is 2.77. The van der Waals surface area contributed by atoms with Gasteiger partial charge in [0.25, 0.3) is 0 Å². The zero-order valence-electron chi connectivity index (χ0n) is 10.6. The van der Waals surface area contributed by atoms with Crippen molar-refractivity contribution in [1.29, 1.82) is 0 Å². The summed E-state index contributed by atoms with van der Waals surface area (Å²) in [4.78, 5) is 23.0. The van der Waals surface area contributed by atoms with Crippen molar-refractivity contribution >= 4 is 12.3 Å². The summed E-state index contributed by atoms with van der Waals surface area (Å²) >= 11 is 0. The summed E-state index contributed by atoms with van der Waals surface area (Å²) in [6.45, 7) is 1.87. The van der Waals surface area contributed by atoms with Gasteiger partial charge < -0.3 is 9.53 Å². The van der Waals surface area contributed by atoms with Crippen LogP contribution in [0.2, 0.25) is 0 Å². The van der Waals surface area contributed by atoms with Crippen molar-refractivity contribution in [1.82, 2.24) is 5.32 Å². The summed E-state index contributed by atoms with van der Waals surface area (Å²) < 4.78 is 4.74. The number of hydrogen-bond donors (Lipinski definition) is 1. The van der Waals surface area contributed by atoms with Crippen molar-refractivity contribution in [2.45, 2.75) is 25.4 Å². The van der Waals surface area contributed by atoms with E-state index in [0.29, 0.717) is 6.42 Å². The number of rotatable bonds is 3. The lowest BCUT2D eigenvalue weighted by Crippen LogP contribution is -2.33. The number of aldehydes is 1. The minimum absolute atomic E-state index is 0.153. The molecule has 0 aliphatic carbocycles. The van der Waals surface area contributed by atoms with E-state index in [1.54, 1.807) is 0 Å². The number of esters is 1. The molecule has 96 valence electrons. The molecule has 1 saturated heterocycles. The Morgan fingerprint density at radius 1 is 1.44 bits per heavy atom. The highest BCUT2D eigenvalue weighted by atomic mass is 16.5. The van der Waals surface area contributed by atoms with Crippen LogP contribution in [0.5, 0.6) is 0 Å². The third kappa shape index (κ3) is 2.16. The number of carbonyl (C=O) groups is 2. The number of benzene rings is 1. The van der Waals surface area contributed by atoms with Gasteiger partial charge in [0.1, 0.15) is 12.3 Å². The van der Waals surface area contributed by atoms with Crippen LogP contribution in [0.3, 0.4) is 0 Å². The normalized spacial score (nSPS) is 31.0. The first-order valence-electron chi connectivity index (χ1n) is 5.96. The first kappa shape index (κ1) is 12.8. The smallest absolute Gasteiger partial charge is 0.322 e. The lowest BCUT2D eigenvalue weighted by molar-refractivity contribution is -0.142. The quantitative estimate of drug-likeness (QED) is 0.649. The van der Waals surface area contributed by atoms with E-state index in [2.05, 4.69) is 5.32 Å². The van der Waals surface area contributed by atoms with Crippen LogP contribution in [0.4, 0.5) is 0 Å². The molecule has 3 atom stereocenters. The van der Waals surface area contributed by atoms with Gasteiger partial charge in [-0.1, -0.05) is 37.3 Å². The molecular weight excluding hydrogens is 230 g/mol. The van der Waals surface area contributed by atoms with E-state index in [0.717, 1.165) is 11.8 Å². The van der Waals surface area contributed by atoms with Crippen LogP contribution in [-0.4, -0.2) is 25.4 Å². The van der Waals surface area contributed by atoms with Gasteiger partial charge >= 0.3 is 5.97 Å². The molecule has 4 nitrogen and oxygen atoms in total. The molecule has 1 aliphatic heterocycles. The molecule has 0 unspecified atom stereocenters. The average molecular weight is 247 g/mol. The van der Waals surface area contributed by atoms with Crippen molar-refractivity contribution in [3.63, 3.8) is 0 Å². The van der Waals surface area contributed by atoms with Gasteiger partial charge in [-0.05, 0) is 12.0 Å². The predicted molar refractivity (Wildman–Crippen MR) is 66.9 cm³/mol.